The summed E-state index contributed by atoms with van der Waals surface area (Å²) in [5, 5.41) is 8.58. The summed E-state index contributed by atoms with van der Waals surface area (Å²) in [4.78, 5) is 0. The van der Waals surface area contributed by atoms with Gasteiger partial charge in [-0.05, 0) is 26.0 Å². The van der Waals surface area contributed by atoms with Crippen LogP contribution in [0.3, 0.4) is 0 Å². The number of aliphatic hydroxyl groups excluding tert-OH is 1. The van der Waals surface area contributed by atoms with Crippen LogP contribution < -0.4 is 0 Å². The highest BCUT2D eigenvalue weighted by molar-refractivity contribution is 7.98. The molecule has 0 amide bonds. The van der Waals surface area contributed by atoms with E-state index in [4.69, 9.17) is 5.11 Å². The molecule has 0 saturated carbocycles. The Kier molecular flexibility index (Phi) is 7.60. The quantitative estimate of drug-likeness (QED) is 0.651. The van der Waals surface area contributed by atoms with Crippen molar-refractivity contribution in [3.05, 3.63) is 0 Å². The Bertz CT molecular complexity index is 254. The van der Waals surface area contributed by atoms with Crippen LogP contribution in [0.5, 0.6) is 0 Å². The van der Waals surface area contributed by atoms with Gasteiger partial charge in [-0.25, -0.2) is 12.7 Å². The van der Waals surface area contributed by atoms with Gasteiger partial charge in [-0.3, -0.25) is 0 Å². The van der Waals surface area contributed by atoms with Gasteiger partial charge < -0.3 is 5.11 Å². The zero-order valence-electron chi connectivity index (χ0n) is 9.64. The van der Waals surface area contributed by atoms with E-state index in [2.05, 4.69) is 0 Å². The lowest BCUT2D eigenvalue weighted by Gasteiger charge is -2.23. The minimum Gasteiger partial charge on any atom is -0.396 e. The highest BCUT2D eigenvalue weighted by atomic mass is 32.2. The molecule has 0 fully saturated rings. The van der Waals surface area contributed by atoms with Crippen molar-refractivity contribution in [1.82, 2.24) is 4.31 Å². The molecule has 1 atom stereocenters. The first kappa shape index (κ1) is 15.2. The van der Waals surface area contributed by atoms with E-state index in [1.807, 2.05) is 13.2 Å². The molecule has 0 rings (SSSR count). The van der Waals surface area contributed by atoms with E-state index in [0.717, 1.165) is 5.75 Å². The molecule has 0 aromatic carbocycles. The first-order chi connectivity index (χ1) is 6.95. The summed E-state index contributed by atoms with van der Waals surface area (Å²) in [7, 11) is -1.52. The normalized spacial score (nSPS) is 14.5. The molecule has 1 N–H and O–H groups in total. The number of aliphatic hydroxyl groups is 1. The molecule has 6 heteroatoms. The van der Waals surface area contributed by atoms with Crippen molar-refractivity contribution in [2.45, 2.75) is 25.8 Å². The Morgan fingerprint density at radius 2 is 2.00 bits per heavy atom. The summed E-state index contributed by atoms with van der Waals surface area (Å²) in [5.74, 6) is 0.929. The second-order valence-corrected chi connectivity index (χ2v) is 6.63. The van der Waals surface area contributed by atoms with E-state index in [-0.39, 0.29) is 18.4 Å². The maximum atomic E-state index is 11.8. The molecule has 15 heavy (non-hydrogen) atoms. The fraction of sp³-hybridized carbons (Fsp3) is 1.00. The predicted octanol–water partition coefficient (Wildman–Crippen LogP) is 0.772. The molecule has 0 saturated heterocycles. The molecule has 92 valence electrons. The average Bonchev–Trinajstić information content (AvgIpc) is 2.17. The molecule has 0 spiro atoms. The van der Waals surface area contributed by atoms with Gasteiger partial charge in [0.05, 0.1) is 5.75 Å². The topological polar surface area (TPSA) is 57.6 Å². The second kappa shape index (κ2) is 7.49. The molecule has 4 nitrogen and oxygen atoms in total. The number of hydrogen-bond acceptors (Lipinski definition) is 4. The van der Waals surface area contributed by atoms with E-state index in [1.54, 1.807) is 18.8 Å². The molecule has 0 aliphatic carbocycles. The number of hydrogen-bond donors (Lipinski definition) is 1. The standard InChI is InChI=1S/C9H21NO3S2/c1-9(8-14-3)10(2)15(12,13)7-5-4-6-11/h9,11H,4-8H2,1-3H3. The van der Waals surface area contributed by atoms with Crippen LogP contribution in [0.2, 0.25) is 0 Å². The second-order valence-electron chi connectivity index (χ2n) is 3.57. The zero-order chi connectivity index (χ0) is 11.9. The van der Waals surface area contributed by atoms with Gasteiger partial charge in [0.1, 0.15) is 0 Å². The molecule has 0 heterocycles. The molecule has 0 aliphatic heterocycles. The van der Waals surface area contributed by atoms with Gasteiger partial charge in [0, 0.05) is 25.4 Å². The van der Waals surface area contributed by atoms with E-state index in [9.17, 15) is 8.42 Å². The monoisotopic (exact) mass is 255 g/mol. The van der Waals surface area contributed by atoms with Gasteiger partial charge in [0.15, 0.2) is 0 Å². The van der Waals surface area contributed by atoms with Crippen LogP contribution in [0.15, 0.2) is 0 Å². The molecular formula is C9H21NO3S2. The van der Waals surface area contributed by atoms with E-state index in [1.165, 1.54) is 4.31 Å². The lowest BCUT2D eigenvalue weighted by molar-refractivity contribution is 0.286. The van der Waals surface area contributed by atoms with Gasteiger partial charge in [0.2, 0.25) is 10.0 Å². The number of unbranched alkanes of at least 4 members (excludes halogenated alkanes) is 1. The molecule has 1 unspecified atom stereocenters. The van der Waals surface area contributed by atoms with Crippen LogP contribution in [0.1, 0.15) is 19.8 Å². The Hall–Kier alpha value is 0.220. The molecular weight excluding hydrogens is 234 g/mol. The Labute approximate surface area is 97.1 Å². The summed E-state index contributed by atoms with van der Waals surface area (Å²) in [6, 6.07) is 0.0270. The Morgan fingerprint density at radius 3 is 2.47 bits per heavy atom. The first-order valence-electron chi connectivity index (χ1n) is 5.01. The number of sulfonamides is 1. The third kappa shape index (κ3) is 5.75. The summed E-state index contributed by atoms with van der Waals surface area (Å²) in [5.41, 5.74) is 0. The minimum atomic E-state index is -3.15. The van der Waals surface area contributed by atoms with Crippen LogP contribution in [-0.2, 0) is 10.0 Å². The molecule has 0 radical (unpaired) electrons. The Balaban J connectivity index is 4.19. The van der Waals surface area contributed by atoms with Crippen LogP contribution in [-0.4, -0.2) is 55.3 Å². The zero-order valence-corrected chi connectivity index (χ0v) is 11.3. The Morgan fingerprint density at radius 1 is 1.40 bits per heavy atom. The molecule has 0 bridgehead atoms. The molecule has 0 aliphatic rings. The summed E-state index contributed by atoms with van der Waals surface area (Å²) in [6.07, 6.45) is 3.03. The molecule has 0 aromatic heterocycles. The van der Waals surface area contributed by atoms with Crippen molar-refractivity contribution in [2.75, 3.05) is 31.4 Å². The van der Waals surface area contributed by atoms with Crippen molar-refractivity contribution in [2.24, 2.45) is 0 Å². The third-order valence-corrected chi connectivity index (χ3v) is 5.14. The lowest BCUT2D eigenvalue weighted by Crippen LogP contribution is -2.38. The summed E-state index contributed by atoms with van der Waals surface area (Å²) < 4.78 is 24.9. The van der Waals surface area contributed by atoms with E-state index >= 15 is 0 Å². The van der Waals surface area contributed by atoms with E-state index < -0.39 is 10.0 Å². The van der Waals surface area contributed by atoms with E-state index in [0.29, 0.717) is 12.8 Å². The maximum absolute atomic E-state index is 11.8. The SMILES string of the molecule is CSCC(C)N(C)S(=O)(=O)CCCCO. The third-order valence-electron chi connectivity index (χ3n) is 2.28. The maximum Gasteiger partial charge on any atom is 0.214 e. The van der Waals surface area contributed by atoms with Crippen LogP contribution in [0.25, 0.3) is 0 Å². The lowest BCUT2D eigenvalue weighted by atomic mass is 10.4. The number of nitrogens with zero attached hydrogens (tertiary/aromatic N) is 1. The number of thioether (sulfide) groups is 1. The largest absolute Gasteiger partial charge is 0.396 e. The van der Waals surface area contributed by atoms with Crippen molar-refractivity contribution in [3.8, 4) is 0 Å². The van der Waals surface area contributed by atoms with Crippen molar-refractivity contribution >= 4 is 21.8 Å². The number of rotatable bonds is 8. The van der Waals surface area contributed by atoms with Gasteiger partial charge in [0.25, 0.3) is 0 Å². The average molecular weight is 255 g/mol. The van der Waals surface area contributed by atoms with Crippen LogP contribution in [0, 0.1) is 0 Å². The van der Waals surface area contributed by atoms with Gasteiger partial charge in [-0.1, -0.05) is 0 Å². The van der Waals surface area contributed by atoms with Crippen molar-refractivity contribution < 1.29 is 13.5 Å². The highest BCUT2D eigenvalue weighted by Gasteiger charge is 2.21. The van der Waals surface area contributed by atoms with Crippen LogP contribution in [0.4, 0.5) is 0 Å². The fourth-order valence-corrected chi connectivity index (χ4v) is 3.44. The summed E-state index contributed by atoms with van der Waals surface area (Å²) >= 11 is 1.64. The predicted molar refractivity (Wildman–Crippen MR) is 65.7 cm³/mol. The highest BCUT2D eigenvalue weighted by Crippen LogP contribution is 2.10. The fourth-order valence-electron chi connectivity index (χ4n) is 1.16. The molecule has 0 aromatic rings. The van der Waals surface area contributed by atoms with Gasteiger partial charge >= 0.3 is 0 Å². The van der Waals surface area contributed by atoms with Gasteiger partial charge in [-0.2, -0.15) is 11.8 Å². The minimum absolute atomic E-state index is 0.0270. The summed E-state index contributed by atoms with van der Waals surface area (Å²) in [6.45, 7) is 1.96. The van der Waals surface area contributed by atoms with Crippen molar-refractivity contribution in [1.29, 1.82) is 0 Å². The van der Waals surface area contributed by atoms with Crippen LogP contribution >= 0.6 is 11.8 Å². The first-order valence-corrected chi connectivity index (χ1v) is 8.01. The smallest absolute Gasteiger partial charge is 0.214 e. The van der Waals surface area contributed by atoms with Gasteiger partial charge in [-0.15, -0.1) is 0 Å². The van der Waals surface area contributed by atoms with Crippen molar-refractivity contribution in [3.63, 3.8) is 0 Å².